The summed E-state index contributed by atoms with van der Waals surface area (Å²) >= 11 is 5.86. The van der Waals surface area contributed by atoms with Gasteiger partial charge in [-0.2, -0.15) is 5.26 Å². The van der Waals surface area contributed by atoms with E-state index in [1.165, 1.54) is 0 Å². The largest absolute Gasteiger partial charge is 0.481 e. The number of aldehydes is 1. The molecule has 0 fully saturated rings. The van der Waals surface area contributed by atoms with Crippen LogP contribution in [0.15, 0.2) is 18.2 Å². The van der Waals surface area contributed by atoms with Crippen molar-refractivity contribution in [3.05, 3.63) is 28.8 Å². The summed E-state index contributed by atoms with van der Waals surface area (Å²) in [5, 5.41) is 11.1. The Morgan fingerprint density at radius 2 is 2.33 bits per heavy atom. The van der Waals surface area contributed by atoms with Crippen LogP contribution in [0.5, 0.6) is 5.75 Å². The number of nitrogens with one attached hydrogen (secondary N) is 1. The first kappa shape index (κ1) is 14.0. The summed E-state index contributed by atoms with van der Waals surface area (Å²) in [6.45, 7) is 0.0117. The van der Waals surface area contributed by atoms with E-state index < -0.39 is 0 Å². The van der Waals surface area contributed by atoms with Crippen LogP contribution in [-0.4, -0.2) is 25.3 Å². The van der Waals surface area contributed by atoms with Gasteiger partial charge in [0.15, 0.2) is 12.9 Å². The number of carbonyl (C=O) groups is 2. The van der Waals surface area contributed by atoms with Crippen molar-refractivity contribution in [2.45, 2.75) is 6.42 Å². The molecule has 1 amide bonds. The summed E-state index contributed by atoms with van der Waals surface area (Å²) in [6, 6.07) is 6.63. The van der Waals surface area contributed by atoms with E-state index in [2.05, 4.69) is 5.32 Å². The lowest BCUT2D eigenvalue weighted by atomic mass is 10.2. The average molecular weight is 267 g/mol. The fraction of sp³-hybridized carbons (Fsp3) is 0.250. The van der Waals surface area contributed by atoms with Gasteiger partial charge in [-0.15, -0.1) is 0 Å². The Kier molecular flexibility index (Phi) is 5.68. The monoisotopic (exact) mass is 266 g/mol. The number of halogens is 1. The van der Waals surface area contributed by atoms with Crippen molar-refractivity contribution in [1.29, 1.82) is 5.26 Å². The van der Waals surface area contributed by atoms with Gasteiger partial charge in [-0.05, 0) is 12.1 Å². The number of nitriles is 1. The molecule has 0 aliphatic carbocycles. The van der Waals surface area contributed by atoms with Crippen molar-refractivity contribution in [1.82, 2.24) is 5.32 Å². The molecule has 0 saturated carbocycles. The van der Waals surface area contributed by atoms with Crippen LogP contribution < -0.4 is 10.1 Å². The first-order valence-corrected chi connectivity index (χ1v) is 5.57. The van der Waals surface area contributed by atoms with Crippen LogP contribution >= 0.6 is 11.6 Å². The van der Waals surface area contributed by atoms with Gasteiger partial charge in [0.25, 0.3) is 5.91 Å². The second kappa shape index (κ2) is 7.30. The number of ether oxygens (including phenoxy) is 1. The molecule has 0 unspecified atom stereocenters. The number of hydrogen-bond donors (Lipinski definition) is 1. The van der Waals surface area contributed by atoms with E-state index >= 15 is 0 Å². The number of benzene rings is 1. The van der Waals surface area contributed by atoms with Gasteiger partial charge in [0.1, 0.15) is 5.75 Å². The van der Waals surface area contributed by atoms with Crippen molar-refractivity contribution in [3.8, 4) is 11.8 Å². The van der Waals surface area contributed by atoms with Crippen LogP contribution in [-0.2, 0) is 4.79 Å². The number of amides is 1. The molecule has 0 aliphatic heterocycles. The van der Waals surface area contributed by atoms with Gasteiger partial charge >= 0.3 is 0 Å². The molecule has 0 saturated heterocycles. The summed E-state index contributed by atoms with van der Waals surface area (Å²) in [6.07, 6.45) is 0.840. The van der Waals surface area contributed by atoms with Crippen LogP contribution in [0.3, 0.4) is 0 Å². The molecule has 1 aromatic carbocycles. The molecule has 18 heavy (non-hydrogen) atoms. The number of rotatable bonds is 6. The summed E-state index contributed by atoms with van der Waals surface area (Å²) in [5.41, 5.74) is 0.285. The lowest BCUT2D eigenvalue weighted by Crippen LogP contribution is -2.29. The molecule has 0 atom stereocenters. The topological polar surface area (TPSA) is 79.2 Å². The molecular weight excluding hydrogens is 256 g/mol. The molecule has 1 aromatic rings. The van der Waals surface area contributed by atoms with E-state index in [1.807, 2.05) is 6.07 Å². The minimum atomic E-state index is -0.373. The Labute approximate surface area is 109 Å². The van der Waals surface area contributed by atoms with Crippen molar-refractivity contribution in [2.75, 3.05) is 13.2 Å². The van der Waals surface area contributed by atoms with Crippen molar-refractivity contribution >= 4 is 23.8 Å². The van der Waals surface area contributed by atoms with Crippen LogP contribution in [0, 0.1) is 11.3 Å². The maximum Gasteiger partial charge on any atom is 0.257 e. The fourth-order valence-electron chi connectivity index (χ4n) is 1.22. The lowest BCUT2D eigenvalue weighted by Gasteiger charge is -2.09. The first-order chi connectivity index (χ1) is 8.69. The smallest absolute Gasteiger partial charge is 0.257 e. The average Bonchev–Trinajstić information content (AvgIpc) is 2.37. The Hall–Kier alpha value is -2.06. The molecule has 6 heteroatoms. The minimum absolute atomic E-state index is 0.185. The van der Waals surface area contributed by atoms with Gasteiger partial charge in [-0.3, -0.25) is 9.59 Å². The summed E-state index contributed by atoms with van der Waals surface area (Å²) in [7, 11) is 0. The molecule has 1 N–H and O–H groups in total. The standard InChI is InChI=1S/C12H11ClN2O3/c13-10-4-1-3-9(7-16)12(10)18-8-11(17)15-6-2-5-14/h1,3-4,7H,2,6,8H2,(H,15,17). The van der Waals surface area contributed by atoms with Gasteiger partial charge in [0.05, 0.1) is 23.1 Å². The molecule has 0 bridgehead atoms. The zero-order valence-corrected chi connectivity index (χ0v) is 10.2. The van der Waals surface area contributed by atoms with Gasteiger partial charge in [0, 0.05) is 6.54 Å². The van der Waals surface area contributed by atoms with E-state index in [-0.39, 0.29) is 41.8 Å². The Morgan fingerprint density at radius 3 is 3.00 bits per heavy atom. The zero-order valence-electron chi connectivity index (χ0n) is 9.48. The minimum Gasteiger partial charge on any atom is -0.481 e. The molecular formula is C12H11ClN2O3. The van der Waals surface area contributed by atoms with Gasteiger partial charge in [-0.25, -0.2) is 0 Å². The number of nitrogens with zero attached hydrogens (tertiary/aromatic N) is 1. The number of para-hydroxylation sites is 1. The Morgan fingerprint density at radius 1 is 1.56 bits per heavy atom. The quantitative estimate of drug-likeness (QED) is 0.626. The maximum atomic E-state index is 11.3. The zero-order chi connectivity index (χ0) is 13.4. The third kappa shape index (κ3) is 4.07. The highest BCUT2D eigenvalue weighted by Crippen LogP contribution is 2.27. The molecule has 1 rings (SSSR count). The van der Waals surface area contributed by atoms with Crippen LogP contribution in [0.2, 0.25) is 5.02 Å². The van der Waals surface area contributed by atoms with Crippen molar-refractivity contribution < 1.29 is 14.3 Å². The van der Waals surface area contributed by atoms with Gasteiger partial charge < -0.3 is 10.1 Å². The predicted octanol–water partition coefficient (Wildman–Crippen LogP) is 1.56. The summed E-state index contributed by atoms with van der Waals surface area (Å²) < 4.78 is 5.19. The fourth-order valence-corrected chi connectivity index (χ4v) is 1.45. The van der Waals surface area contributed by atoms with E-state index in [0.717, 1.165) is 0 Å². The molecule has 94 valence electrons. The van der Waals surface area contributed by atoms with Crippen LogP contribution in [0.4, 0.5) is 0 Å². The van der Waals surface area contributed by atoms with Crippen LogP contribution in [0.25, 0.3) is 0 Å². The van der Waals surface area contributed by atoms with Crippen molar-refractivity contribution in [2.24, 2.45) is 0 Å². The maximum absolute atomic E-state index is 11.3. The highest BCUT2D eigenvalue weighted by atomic mass is 35.5. The summed E-state index contributed by atoms with van der Waals surface area (Å²) in [5.74, 6) is -0.188. The molecule has 0 spiro atoms. The summed E-state index contributed by atoms with van der Waals surface area (Å²) in [4.78, 5) is 22.1. The molecule has 0 aliphatic rings. The number of carbonyl (C=O) groups excluding carboxylic acids is 2. The van der Waals surface area contributed by atoms with Gasteiger partial charge in [0.2, 0.25) is 0 Å². The lowest BCUT2D eigenvalue weighted by molar-refractivity contribution is -0.123. The van der Waals surface area contributed by atoms with Gasteiger partial charge in [-0.1, -0.05) is 17.7 Å². The third-order valence-corrected chi connectivity index (χ3v) is 2.33. The number of hydrogen-bond acceptors (Lipinski definition) is 4. The second-order valence-electron chi connectivity index (χ2n) is 3.32. The van der Waals surface area contributed by atoms with Crippen molar-refractivity contribution in [3.63, 3.8) is 0 Å². The van der Waals surface area contributed by atoms with E-state index in [1.54, 1.807) is 18.2 Å². The predicted molar refractivity (Wildman–Crippen MR) is 65.6 cm³/mol. The normalized spacial score (nSPS) is 9.33. The molecule has 0 aromatic heterocycles. The molecule has 5 nitrogen and oxygen atoms in total. The van der Waals surface area contributed by atoms with E-state index in [0.29, 0.717) is 6.29 Å². The van der Waals surface area contributed by atoms with E-state index in [9.17, 15) is 9.59 Å². The highest BCUT2D eigenvalue weighted by Gasteiger charge is 2.09. The Bertz CT molecular complexity index is 483. The van der Waals surface area contributed by atoms with Crippen LogP contribution in [0.1, 0.15) is 16.8 Å². The molecule has 0 radical (unpaired) electrons. The molecule has 0 heterocycles. The Balaban J connectivity index is 2.56. The highest BCUT2D eigenvalue weighted by molar-refractivity contribution is 6.32. The second-order valence-corrected chi connectivity index (χ2v) is 3.73. The first-order valence-electron chi connectivity index (χ1n) is 5.19. The SMILES string of the molecule is N#CCCNC(=O)COc1c(Cl)cccc1C=O. The third-order valence-electron chi connectivity index (χ3n) is 2.03. The van der Waals surface area contributed by atoms with E-state index in [4.69, 9.17) is 21.6 Å².